The summed E-state index contributed by atoms with van der Waals surface area (Å²) in [5.74, 6) is 0. The minimum Gasteiger partial charge on any atom is -0.393 e. The van der Waals surface area contributed by atoms with Gasteiger partial charge in [-0.15, -0.1) is 0 Å². The maximum atomic E-state index is 9.59. The summed E-state index contributed by atoms with van der Waals surface area (Å²) in [7, 11) is 0. The SMILES string of the molecule is CC(O)Cc1cccc2ccn(C3CCC3)c12. The second kappa shape index (κ2) is 4.19. The molecule has 1 heterocycles. The Bertz CT molecular complexity index is 523. The van der Waals surface area contributed by atoms with Crippen LogP contribution in [0.2, 0.25) is 0 Å². The molecule has 1 fully saturated rings. The van der Waals surface area contributed by atoms with Gasteiger partial charge in [0.1, 0.15) is 0 Å². The van der Waals surface area contributed by atoms with Crippen molar-refractivity contribution in [2.75, 3.05) is 0 Å². The molecule has 17 heavy (non-hydrogen) atoms. The summed E-state index contributed by atoms with van der Waals surface area (Å²) in [6, 6.07) is 9.27. The molecule has 1 aliphatic rings. The van der Waals surface area contributed by atoms with E-state index in [-0.39, 0.29) is 6.10 Å². The highest BCUT2D eigenvalue weighted by Gasteiger charge is 2.21. The molecule has 2 nitrogen and oxygen atoms in total. The Morgan fingerprint density at radius 3 is 2.82 bits per heavy atom. The molecule has 0 saturated heterocycles. The van der Waals surface area contributed by atoms with E-state index in [4.69, 9.17) is 0 Å². The molecule has 1 N–H and O–H groups in total. The van der Waals surface area contributed by atoms with Crippen LogP contribution < -0.4 is 0 Å². The highest BCUT2D eigenvalue weighted by molar-refractivity contribution is 5.83. The van der Waals surface area contributed by atoms with Gasteiger partial charge < -0.3 is 9.67 Å². The number of aliphatic hydroxyl groups is 1. The maximum Gasteiger partial charge on any atom is 0.0553 e. The van der Waals surface area contributed by atoms with Gasteiger partial charge in [0.05, 0.1) is 11.6 Å². The van der Waals surface area contributed by atoms with E-state index in [0.717, 1.165) is 6.42 Å². The van der Waals surface area contributed by atoms with Crippen LogP contribution >= 0.6 is 0 Å². The first-order valence-electron chi connectivity index (χ1n) is 6.52. The Morgan fingerprint density at radius 2 is 2.18 bits per heavy atom. The fourth-order valence-corrected chi connectivity index (χ4v) is 2.75. The Morgan fingerprint density at radius 1 is 1.35 bits per heavy atom. The van der Waals surface area contributed by atoms with Gasteiger partial charge in [0, 0.05) is 18.7 Å². The highest BCUT2D eigenvalue weighted by atomic mass is 16.3. The molecule has 0 spiro atoms. The van der Waals surface area contributed by atoms with Gasteiger partial charge in [0.2, 0.25) is 0 Å². The summed E-state index contributed by atoms with van der Waals surface area (Å²) in [6.07, 6.45) is 6.63. The van der Waals surface area contributed by atoms with Crippen LogP contribution in [0.1, 0.15) is 37.8 Å². The molecule has 0 radical (unpaired) electrons. The fraction of sp³-hybridized carbons (Fsp3) is 0.467. The van der Waals surface area contributed by atoms with Crippen LogP contribution in [-0.4, -0.2) is 15.8 Å². The zero-order valence-electron chi connectivity index (χ0n) is 10.3. The highest BCUT2D eigenvalue weighted by Crippen LogP contribution is 2.35. The lowest BCUT2D eigenvalue weighted by Gasteiger charge is -2.28. The van der Waals surface area contributed by atoms with Crippen LogP contribution in [0.15, 0.2) is 30.5 Å². The van der Waals surface area contributed by atoms with Gasteiger partial charge >= 0.3 is 0 Å². The fourth-order valence-electron chi connectivity index (χ4n) is 2.75. The van der Waals surface area contributed by atoms with Gasteiger partial charge in [0.25, 0.3) is 0 Å². The first-order chi connectivity index (χ1) is 8.25. The van der Waals surface area contributed by atoms with Crippen LogP contribution in [0.5, 0.6) is 0 Å². The first-order valence-corrected chi connectivity index (χ1v) is 6.52. The van der Waals surface area contributed by atoms with Crippen LogP contribution in [0.4, 0.5) is 0 Å². The second-order valence-corrected chi connectivity index (χ2v) is 5.22. The van der Waals surface area contributed by atoms with Crippen LogP contribution in [0.3, 0.4) is 0 Å². The third-order valence-electron chi connectivity index (χ3n) is 3.81. The predicted molar refractivity (Wildman–Crippen MR) is 70.2 cm³/mol. The van der Waals surface area contributed by atoms with E-state index >= 15 is 0 Å². The van der Waals surface area contributed by atoms with E-state index in [9.17, 15) is 5.11 Å². The van der Waals surface area contributed by atoms with Crippen molar-refractivity contribution in [2.24, 2.45) is 0 Å². The minimum atomic E-state index is -0.273. The summed E-state index contributed by atoms with van der Waals surface area (Å²) in [4.78, 5) is 0. The van der Waals surface area contributed by atoms with Crippen molar-refractivity contribution in [3.8, 4) is 0 Å². The number of fused-ring (bicyclic) bond motifs is 1. The Kier molecular flexibility index (Phi) is 2.67. The first kappa shape index (κ1) is 10.8. The number of aromatic nitrogens is 1. The average Bonchev–Trinajstić information content (AvgIpc) is 2.60. The van der Waals surface area contributed by atoms with E-state index in [0.29, 0.717) is 6.04 Å². The van der Waals surface area contributed by atoms with Crippen molar-refractivity contribution < 1.29 is 5.11 Å². The maximum absolute atomic E-state index is 9.59. The summed E-state index contributed by atoms with van der Waals surface area (Å²) < 4.78 is 2.41. The molecule has 2 heteroatoms. The second-order valence-electron chi connectivity index (χ2n) is 5.22. The lowest BCUT2D eigenvalue weighted by Crippen LogP contribution is -2.17. The molecule has 1 saturated carbocycles. The van der Waals surface area contributed by atoms with Crippen LogP contribution in [0, 0.1) is 0 Å². The number of nitrogens with zero attached hydrogens (tertiary/aromatic N) is 1. The van der Waals surface area contributed by atoms with Crippen molar-refractivity contribution in [1.82, 2.24) is 4.57 Å². The number of benzene rings is 1. The standard InChI is InChI=1S/C15H19NO/c1-11(17)10-13-5-2-4-12-8-9-16(15(12)13)14-6-3-7-14/h2,4-5,8-9,11,14,17H,3,6-7,10H2,1H3. The van der Waals surface area contributed by atoms with Gasteiger partial charge in [0.15, 0.2) is 0 Å². The quantitative estimate of drug-likeness (QED) is 0.858. The molecule has 1 atom stereocenters. The van der Waals surface area contributed by atoms with Gasteiger partial charge in [-0.25, -0.2) is 0 Å². The summed E-state index contributed by atoms with van der Waals surface area (Å²) in [5.41, 5.74) is 2.60. The molecule has 0 aliphatic heterocycles. The summed E-state index contributed by atoms with van der Waals surface area (Å²) in [6.45, 7) is 1.86. The molecule has 1 aromatic heterocycles. The van der Waals surface area contributed by atoms with E-state index in [1.165, 1.54) is 35.7 Å². The number of rotatable bonds is 3. The average molecular weight is 229 g/mol. The van der Waals surface area contributed by atoms with Gasteiger partial charge in [-0.3, -0.25) is 0 Å². The zero-order valence-corrected chi connectivity index (χ0v) is 10.3. The van der Waals surface area contributed by atoms with Crippen molar-refractivity contribution >= 4 is 10.9 Å². The van der Waals surface area contributed by atoms with Gasteiger partial charge in [-0.05, 0) is 43.2 Å². The molecule has 1 unspecified atom stereocenters. The Balaban J connectivity index is 2.10. The number of para-hydroxylation sites is 1. The van der Waals surface area contributed by atoms with Crippen LogP contribution in [0.25, 0.3) is 10.9 Å². The lowest BCUT2D eigenvalue weighted by molar-refractivity contribution is 0.195. The normalized spacial score (nSPS) is 18.2. The van der Waals surface area contributed by atoms with Crippen molar-refractivity contribution in [3.05, 3.63) is 36.0 Å². The summed E-state index contributed by atoms with van der Waals surface area (Å²) >= 11 is 0. The van der Waals surface area contributed by atoms with E-state index in [2.05, 4.69) is 35.0 Å². The van der Waals surface area contributed by atoms with E-state index in [1.807, 2.05) is 6.92 Å². The Labute approximate surface area is 102 Å². The molecule has 3 rings (SSSR count). The molecule has 2 aromatic rings. The smallest absolute Gasteiger partial charge is 0.0553 e. The minimum absolute atomic E-state index is 0.273. The topological polar surface area (TPSA) is 25.2 Å². The lowest BCUT2D eigenvalue weighted by atomic mass is 9.92. The summed E-state index contributed by atoms with van der Waals surface area (Å²) in [5, 5.41) is 10.9. The molecular formula is C15H19NO. The molecule has 1 aromatic carbocycles. The van der Waals surface area contributed by atoms with Crippen molar-refractivity contribution in [2.45, 2.75) is 44.8 Å². The van der Waals surface area contributed by atoms with Crippen molar-refractivity contribution in [1.29, 1.82) is 0 Å². The number of hydrogen-bond donors (Lipinski definition) is 1. The predicted octanol–water partition coefficient (Wildman–Crippen LogP) is 3.29. The van der Waals surface area contributed by atoms with Crippen molar-refractivity contribution in [3.63, 3.8) is 0 Å². The van der Waals surface area contributed by atoms with E-state index in [1.54, 1.807) is 0 Å². The molecule has 0 amide bonds. The molecule has 1 aliphatic carbocycles. The molecular weight excluding hydrogens is 210 g/mol. The zero-order chi connectivity index (χ0) is 11.8. The van der Waals surface area contributed by atoms with Gasteiger partial charge in [-0.1, -0.05) is 18.2 Å². The largest absolute Gasteiger partial charge is 0.393 e. The van der Waals surface area contributed by atoms with E-state index < -0.39 is 0 Å². The third kappa shape index (κ3) is 1.87. The number of hydrogen-bond acceptors (Lipinski definition) is 1. The Hall–Kier alpha value is -1.28. The molecule has 0 bridgehead atoms. The van der Waals surface area contributed by atoms with Crippen LogP contribution in [-0.2, 0) is 6.42 Å². The molecule has 90 valence electrons. The van der Waals surface area contributed by atoms with Gasteiger partial charge in [-0.2, -0.15) is 0 Å². The monoisotopic (exact) mass is 229 g/mol. The number of aliphatic hydroxyl groups excluding tert-OH is 1. The third-order valence-corrected chi connectivity index (χ3v) is 3.81.